The van der Waals surface area contributed by atoms with Gasteiger partial charge in [-0.2, -0.15) is 0 Å². The smallest absolute Gasteiger partial charge is 0.303 e. The second-order valence-electron chi connectivity index (χ2n) is 7.72. The van der Waals surface area contributed by atoms with Crippen LogP contribution in [0.1, 0.15) is 33.3 Å². The normalized spacial score (nSPS) is 23.2. The van der Waals surface area contributed by atoms with Gasteiger partial charge in [-0.15, -0.1) is 0 Å². The average Bonchev–Trinajstić information content (AvgIpc) is 2.78. The average molecular weight is 547 g/mol. The molecule has 1 heterocycles. The first-order chi connectivity index (χ1) is 17.0. The highest BCUT2D eigenvalue weighted by Crippen LogP contribution is 2.47. The van der Waals surface area contributed by atoms with Gasteiger partial charge in [0.2, 0.25) is 0 Å². The Morgan fingerprint density at radius 3 is 1.94 bits per heavy atom. The van der Waals surface area contributed by atoms with E-state index in [1.165, 1.54) is 56.4 Å². The molecule has 2 rings (SSSR count). The molecular formula is C23H30O11S2. The fourth-order valence-electron chi connectivity index (χ4n) is 3.45. The van der Waals surface area contributed by atoms with Crippen LogP contribution in [0, 0.1) is 6.92 Å². The predicted octanol–water partition coefficient (Wildman–Crippen LogP) is 2.84. The molecule has 0 unspecified atom stereocenters. The van der Waals surface area contributed by atoms with Crippen LogP contribution in [-0.2, 0) is 42.9 Å². The molecule has 0 radical (unpaired) electrons. The summed E-state index contributed by atoms with van der Waals surface area (Å²) in [5.74, 6) is -1.44. The fraction of sp³-hybridized carbons (Fsp3) is 0.565. The molecule has 0 aromatic heterocycles. The van der Waals surface area contributed by atoms with Crippen LogP contribution in [0.2, 0.25) is 0 Å². The van der Waals surface area contributed by atoms with E-state index in [1.54, 1.807) is 13.2 Å². The van der Waals surface area contributed by atoms with Crippen molar-refractivity contribution in [1.29, 1.82) is 0 Å². The van der Waals surface area contributed by atoms with Gasteiger partial charge < -0.3 is 33.2 Å². The van der Waals surface area contributed by atoms with Gasteiger partial charge in [-0.05, 0) is 18.6 Å². The molecule has 0 spiro atoms. The summed E-state index contributed by atoms with van der Waals surface area (Å²) in [5, 5.41) is 0. The van der Waals surface area contributed by atoms with Crippen molar-refractivity contribution in [3.05, 3.63) is 17.7 Å². The lowest BCUT2D eigenvalue weighted by Crippen LogP contribution is -2.61. The fourth-order valence-corrected chi connectivity index (χ4v) is 6.24. The van der Waals surface area contributed by atoms with E-state index in [1.807, 2.05) is 13.0 Å². The molecule has 1 aliphatic rings. The highest BCUT2D eigenvalue weighted by Gasteiger charge is 2.52. The third-order valence-electron chi connectivity index (χ3n) is 4.84. The highest BCUT2D eigenvalue weighted by molar-refractivity contribution is 8.77. The minimum Gasteiger partial charge on any atom is -0.497 e. The molecule has 11 nitrogen and oxygen atoms in total. The zero-order chi connectivity index (χ0) is 27.0. The summed E-state index contributed by atoms with van der Waals surface area (Å²) >= 11 is 0. The van der Waals surface area contributed by atoms with Crippen molar-refractivity contribution in [2.24, 2.45) is 0 Å². The van der Waals surface area contributed by atoms with Gasteiger partial charge in [0, 0.05) is 33.8 Å². The molecule has 1 aliphatic heterocycles. The zero-order valence-corrected chi connectivity index (χ0v) is 22.7. The molecule has 36 heavy (non-hydrogen) atoms. The Morgan fingerprint density at radius 2 is 1.42 bits per heavy atom. The molecule has 1 aromatic carbocycles. The van der Waals surface area contributed by atoms with E-state index in [0.29, 0.717) is 11.5 Å². The third kappa shape index (κ3) is 8.20. The minimum absolute atomic E-state index is 0.287. The van der Waals surface area contributed by atoms with Gasteiger partial charge in [0.25, 0.3) is 0 Å². The minimum atomic E-state index is -1.22. The number of benzene rings is 1. The number of carbonyl (C=O) groups is 4. The van der Waals surface area contributed by atoms with Crippen LogP contribution in [-0.4, -0.2) is 74.6 Å². The maximum atomic E-state index is 12.0. The Bertz CT molecular complexity index is 968. The molecular weight excluding hydrogens is 516 g/mol. The topological polar surface area (TPSA) is 133 Å². The first kappa shape index (κ1) is 29.6. The number of ether oxygens (including phenoxy) is 7. The summed E-state index contributed by atoms with van der Waals surface area (Å²) in [4.78, 5) is 48.0. The quantitative estimate of drug-likeness (QED) is 0.242. The van der Waals surface area contributed by atoms with E-state index in [2.05, 4.69) is 0 Å². The van der Waals surface area contributed by atoms with E-state index in [0.717, 1.165) is 10.5 Å². The maximum absolute atomic E-state index is 12.0. The van der Waals surface area contributed by atoms with Gasteiger partial charge in [0.05, 0.1) is 19.1 Å². The third-order valence-corrected chi connectivity index (χ3v) is 7.56. The number of esters is 4. The van der Waals surface area contributed by atoms with E-state index in [-0.39, 0.29) is 6.61 Å². The Balaban J connectivity index is 2.44. The molecule has 5 atom stereocenters. The molecule has 200 valence electrons. The Morgan fingerprint density at radius 1 is 0.833 bits per heavy atom. The van der Waals surface area contributed by atoms with Crippen LogP contribution in [0.15, 0.2) is 17.0 Å². The molecule has 0 N–H and O–H groups in total. The maximum Gasteiger partial charge on any atom is 0.303 e. The second-order valence-corrected chi connectivity index (χ2v) is 10.0. The number of hydrogen-bond donors (Lipinski definition) is 0. The summed E-state index contributed by atoms with van der Waals surface area (Å²) < 4.78 is 38.3. The largest absolute Gasteiger partial charge is 0.497 e. The lowest BCUT2D eigenvalue weighted by molar-refractivity contribution is -0.237. The second kappa shape index (κ2) is 13.6. The van der Waals surface area contributed by atoms with Gasteiger partial charge in [0.15, 0.2) is 23.7 Å². The molecule has 1 fully saturated rings. The van der Waals surface area contributed by atoms with Crippen LogP contribution in [0.3, 0.4) is 0 Å². The number of carbonyl (C=O) groups excluding carboxylic acids is 4. The standard InChI is InChI=1S/C23H30O11S2/c1-11-8-16(28-6)9-17(29-7)22(11)35-36-23-21(33-15(5)27)20(32-14(4)26)19(31-13(3)25)18(34-23)10-30-12(2)24/h8-9,18-21,23H,10H2,1-7H3/t18-,19-,20+,21-,23+/m1/s1. The van der Waals surface area contributed by atoms with E-state index >= 15 is 0 Å². The first-order valence-corrected chi connectivity index (χ1v) is 13.0. The molecule has 0 bridgehead atoms. The van der Waals surface area contributed by atoms with E-state index < -0.39 is 53.7 Å². The Labute approximate surface area is 217 Å². The summed E-state index contributed by atoms with van der Waals surface area (Å²) in [6, 6.07) is 3.56. The first-order valence-electron chi connectivity index (χ1n) is 10.8. The predicted molar refractivity (Wildman–Crippen MR) is 130 cm³/mol. The van der Waals surface area contributed by atoms with E-state index in [4.69, 9.17) is 33.2 Å². The summed E-state index contributed by atoms with van der Waals surface area (Å²) in [5.41, 5.74) is -0.0591. The van der Waals surface area contributed by atoms with Gasteiger partial charge >= 0.3 is 23.9 Å². The molecule has 0 aliphatic carbocycles. The van der Waals surface area contributed by atoms with Gasteiger partial charge in [-0.1, -0.05) is 21.6 Å². The van der Waals surface area contributed by atoms with Crippen molar-refractivity contribution in [3.8, 4) is 11.5 Å². The Hall–Kier alpha value is -2.64. The van der Waals surface area contributed by atoms with Gasteiger partial charge in [0.1, 0.15) is 24.2 Å². The molecule has 0 amide bonds. The van der Waals surface area contributed by atoms with Crippen LogP contribution < -0.4 is 9.47 Å². The van der Waals surface area contributed by atoms with Crippen molar-refractivity contribution >= 4 is 45.5 Å². The number of methoxy groups -OCH3 is 2. The molecule has 1 saturated heterocycles. The SMILES string of the molecule is COc1cc(C)c(SS[C@@H]2O[C@H](COC(C)=O)[C@@H](OC(C)=O)[C@H](OC(C)=O)[C@H]2OC(C)=O)c(OC)c1. The number of rotatable bonds is 10. The Kier molecular flexibility index (Phi) is 11.2. The zero-order valence-electron chi connectivity index (χ0n) is 21.1. The number of hydrogen-bond acceptors (Lipinski definition) is 13. The van der Waals surface area contributed by atoms with Crippen LogP contribution >= 0.6 is 21.6 Å². The van der Waals surface area contributed by atoms with Crippen molar-refractivity contribution in [2.45, 2.75) is 69.4 Å². The van der Waals surface area contributed by atoms with Gasteiger partial charge in [-0.25, -0.2) is 0 Å². The lowest BCUT2D eigenvalue weighted by atomic mass is 9.99. The van der Waals surface area contributed by atoms with Gasteiger partial charge in [-0.3, -0.25) is 19.2 Å². The molecule has 13 heteroatoms. The van der Waals surface area contributed by atoms with Crippen LogP contribution in [0.25, 0.3) is 0 Å². The lowest BCUT2D eigenvalue weighted by Gasteiger charge is -2.43. The monoisotopic (exact) mass is 546 g/mol. The van der Waals surface area contributed by atoms with Crippen molar-refractivity contribution in [3.63, 3.8) is 0 Å². The van der Waals surface area contributed by atoms with Crippen molar-refractivity contribution < 1.29 is 52.3 Å². The molecule has 1 aromatic rings. The number of aryl methyl sites for hydroxylation is 1. The molecule has 0 saturated carbocycles. The van der Waals surface area contributed by atoms with Crippen LogP contribution in [0.4, 0.5) is 0 Å². The van der Waals surface area contributed by atoms with Crippen molar-refractivity contribution in [1.82, 2.24) is 0 Å². The van der Waals surface area contributed by atoms with Crippen molar-refractivity contribution in [2.75, 3.05) is 20.8 Å². The summed E-state index contributed by atoms with van der Waals surface area (Å²) in [6.07, 6.45) is -4.58. The highest BCUT2D eigenvalue weighted by atomic mass is 33.1. The van der Waals surface area contributed by atoms with Crippen LogP contribution in [0.5, 0.6) is 11.5 Å². The van der Waals surface area contributed by atoms with E-state index in [9.17, 15) is 19.2 Å². The summed E-state index contributed by atoms with van der Waals surface area (Å²) in [6.45, 7) is 6.35. The summed E-state index contributed by atoms with van der Waals surface area (Å²) in [7, 11) is 5.53.